The van der Waals surface area contributed by atoms with Crippen LogP contribution in [0.3, 0.4) is 0 Å². The molecular formula is C22H22O6. The summed E-state index contributed by atoms with van der Waals surface area (Å²) in [6.07, 6.45) is 0.515. The molecule has 0 saturated carbocycles. The number of esters is 2. The smallest absolute Gasteiger partial charge is 0.333 e. The second-order valence-corrected chi connectivity index (χ2v) is 5.65. The van der Waals surface area contributed by atoms with Gasteiger partial charge < -0.3 is 18.9 Å². The summed E-state index contributed by atoms with van der Waals surface area (Å²) in [5.41, 5.74) is 1.45. The Morgan fingerprint density at radius 3 is 1.46 bits per heavy atom. The number of rotatable bonds is 9. The Bertz CT molecular complexity index is 786. The van der Waals surface area contributed by atoms with E-state index in [4.69, 9.17) is 18.9 Å². The van der Waals surface area contributed by atoms with Crippen molar-refractivity contribution in [2.75, 3.05) is 0 Å². The second-order valence-electron chi connectivity index (χ2n) is 5.65. The van der Waals surface area contributed by atoms with Crippen molar-refractivity contribution in [1.82, 2.24) is 0 Å². The van der Waals surface area contributed by atoms with Crippen LogP contribution in [0.1, 0.15) is 13.8 Å². The fourth-order valence-corrected chi connectivity index (χ4v) is 2.41. The molecule has 0 aliphatic rings. The summed E-state index contributed by atoms with van der Waals surface area (Å²) in [6.45, 7) is 9.94. The van der Waals surface area contributed by atoms with E-state index in [0.29, 0.717) is 11.5 Å². The number of benzene rings is 2. The number of hydrogen-bond donors (Lipinski definition) is 0. The highest BCUT2D eigenvalue weighted by Crippen LogP contribution is 2.37. The molecule has 0 bridgehead atoms. The van der Waals surface area contributed by atoms with Crippen molar-refractivity contribution in [2.45, 2.75) is 26.4 Å². The minimum absolute atomic E-state index is 0.499. The highest BCUT2D eigenvalue weighted by Gasteiger charge is 2.17. The molecule has 0 aliphatic heterocycles. The van der Waals surface area contributed by atoms with Gasteiger partial charge in [0.25, 0.3) is 0 Å². The molecule has 0 amide bonds. The van der Waals surface area contributed by atoms with Crippen LogP contribution >= 0.6 is 0 Å². The van der Waals surface area contributed by atoms with Gasteiger partial charge in [0, 0.05) is 37.1 Å². The average molecular weight is 382 g/mol. The van der Waals surface area contributed by atoms with Gasteiger partial charge in [-0.25, -0.2) is 9.59 Å². The van der Waals surface area contributed by atoms with E-state index in [0.717, 1.165) is 23.3 Å². The quantitative estimate of drug-likeness (QED) is 0.367. The van der Waals surface area contributed by atoms with Gasteiger partial charge in [0.05, 0.1) is 0 Å². The number of hydrogen-bond acceptors (Lipinski definition) is 6. The van der Waals surface area contributed by atoms with Crippen molar-refractivity contribution < 1.29 is 28.5 Å². The van der Waals surface area contributed by atoms with Gasteiger partial charge in [-0.15, -0.1) is 0 Å². The molecule has 2 aromatic carbocycles. The first-order valence-corrected chi connectivity index (χ1v) is 8.62. The van der Waals surface area contributed by atoms with E-state index in [9.17, 15) is 9.59 Å². The standard InChI is InChI=1S/C22H22O6/c1-5-21(23)27-15(3)25-19-13-9-7-11-17(19)18-12-8-10-14-20(18)26-16(4)28-22(24)6-2/h5-16H,1-2H2,3-4H3. The van der Waals surface area contributed by atoms with Crippen molar-refractivity contribution in [1.29, 1.82) is 0 Å². The number of carbonyl (C=O) groups excluding carboxylic acids is 2. The summed E-state index contributed by atoms with van der Waals surface area (Å²) in [5.74, 6) is -0.157. The van der Waals surface area contributed by atoms with Gasteiger partial charge in [-0.05, 0) is 12.1 Å². The van der Waals surface area contributed by atoms with Gasteiger partial charge in [0.2, 0.25) is 12.6 Å². The van der Waals surface area contributed by atoms with Gasteiger partial charge in [0.1, 0.15) is 11.5 Å². The summed E-state index contributed by atoms with van der Waals surface area (Å²) < 4.78 is 21.7. The molecule has 2 rings (SSSR count). The summed E-state index contributed by atoms with van der Waals surface area (Å²) in [7, 11) is 0. The lowest BCUT2D eigenvalue weighted by molar-refractivity contribution is -0.156. The van der Waals surface area contributed by atoms with Crippen LogP contribution in [0.4, 0.5) is 0 Å². The van der Waals surface area contributed by atoms with Crippen LogP contribution in [-0.2, 0) is 19.1 Å². The Kier molecular flexibility index (Phi) is 7.39. The monoisotopic (exact) mass is 382 g/mol. The molecule has 0 aliphatic carbocycles. The van der Waals surface area contributed by atoms with Crippen LogP contribution in [-0.4, -0.2) is 24.5 Å². The van der Waals surface area contributed by atoms with Crippen molar-refractivity contribution in [2.24, 2.45) is 0 Å². The number of carbonyl (C=O) groups is 2. The van der Waals surface area contributed by atoms with E-state index in [2.05, 4.69) is 13.2 Å². The highest BCUT2D eigenvalue weighted by molar-refractivity contribution is 5.81. The van der Waals surface area contributed by atoms with E-state index < -0.39 is 24.5 Å². The molecule has 2 unspecified atom stereocenters. The fourth-order valence-electron chi connectivity index (χ4n) is 2.41. The number of ether oxygens (including phenoxy) is 4. The van der Waals surface area contributed by atoms with Gasteiger partial charge in [-0.1, -0.05) is 49.6 Å². The molecule has 2 aromatic rings. The first-order valence-electron chi connectivity index (χ1n) is 8.62. The molecule has 146 valence electrons. The molecule has 0 heterocycles. The summed E-state index contributed by atoms with van der Waals surface area (Å²) in [5, 5.41) is 0. The average Bonchev–Trinajstić information content (AvgIpc) is 2.68. The summed E-state index contributed by atoms with van der Waals surface area (Å²) >= 11 is 0. The van der Waals surface area contributed by atoms with Crippen molar-refractivity contribution in [3.05, 3.63) is 73.8 Å². The van der Waals surface area contributed by atoms with Crippen molar-refractivity contribution >= 4 is 11.9 Å². The molecule has 28 heavy (non-hydrogen) atoms. The van der Waals surface area contributed by atoms with Crippen LogP contribution in [0.2, 0.25) is 0 Å². The normalized spacial score (nSPS) is 12.2. The van der Waals surface area contributed by atoms with Crippen molar-refractivity contribution in [3.63, 3.8) is 0 Å². The molecule has 6 heteroatoms. The highest BCUT2D eigenvalue weighted by atomic mass is 16.7. The summed E-state index contributed by atoms with van der Waals surface area (Å²) in [6, 6.07) is 14.5. The lowest BCUT2D eigenvalue weighted by Crippen LogP contribution is -2.20. The van der Waals surface area contributed by atoms with Gasteiger partial charge in [0.15, 0.2) is 0 Å². The predicted octanol–water partition coefficient (Wildman–Crippen LogP) is 4.26. The maximum atomic E-state index is 11.4. The van der Waals surface area contributed by atoms with Crippen LogP contribution in [0.5, 0.6) is 11.5 Å². The van der Waals surface area contributed by atoms with E-state index in [-0.39, 0.29) is 0 Å². The third-order valence-corrected chi connectivity index (χ3v) is 3.55. The largest absolute Gasteiger partial charge is 0.454 e. The van der Waals surface area contributed by atoms with Gasteiger partial charge in [-0.3, -0.25) is 0 Å². The zero-order valence-electron chi connectivity index (χ0n) is 15.8. The Morgan fingerprint density at radius 1 is 0.750 bits per heavy atom. The molecule has 0 spiro atoms. The molecule has 0 fully saturated rings. The molecule has 0 aromatic heterocycles. The third kappa shape index (κ3) is 5.74. The molecule has 0 N–H and O–H groups in total. The first kappa shape index (κ1) is 20.8. The first-order chi connectivity index (χ1) is 13.4. The molecule has 2 atom stereocenters. The predicted molar refractivity (Wildman–Crippen MR) is 105 cm³/mol. The van der Waals surface area contributed by atoms with E-state index in [1.54, 1.807) is 38.1 Å². The van der Waals surface area contributed by atoms with E-state index in [1.807, 2.05) is 24.3 Å². The van der Waals surface area contributed by atoms with E-state index in [1.165, 1.54) is 0 Å². The van der Waals surface area contributed by atoms with Crippen LogP contribution in [0.25, 0.3) is 11.1 Å². The Balaban J connectivity index is 2.28. The van der Waals surface area contributed by atoms with Crippen LogP contribution in [0.15, 0.2) is 73.8 Å². The Morgan fingerprint density at radius 2 is 1.11 bits per heavy atom. The molecule has 6 nitrogen and oxygen atoms in total. The SMILES string of the molecule is C=CC(=O)OC(C)Oc1ccccc1-c1ccccc1OC(C)OC(=O)C=C. The third-order valence-electron chi connectivity index (χ3n) is 3.55. The second kappa shape index (κ2) is 9.97. The zero-order valence-corrected chi connectivity index (χ0v) is 15.8. The summed E-state index contributed by atoms with van der Waals surface area (Å²) in [4.78, 5) is 22.7. The van der Waals surface area contributed by atoms with E-state index >= 15 is 0 Å². The molecular weight excluding hydrogens is 360 g/mol. The van der Waals surface area contributed by atoms with Gasteiger partial charge >= 0.3 is 11.9 Å². The molecule has 0 radical (unpaired) electrons. The minimum atomic E-state index is -0.813. The lowest BCUT2D eigenvalue weighted by Gasteiger charge is -2.20. The Hall–Kier alpha value is -3.54. The van der Waals surface area contributed by atoms with Gasteiger partial charge in [-0.2, -0.15) is 0 Å². The maximum absolute atomic E-state index is 11.4. The zero-order chi connectivity index (χ0) is 20.5. The minimum Gasteiger partial charge on any atom is -0.454 e. The van der Waals surface area contributed by atoms with Crippen molar-refractivity contribution in [3.8, 4) is 22.6 Å². The maximum Gasteiger partial charge on any atom is 0.333 e. The number of para-hydroxylation sites is 2. The topological polar surface area (TPSA) is 71.1 Å². The Labute approximate surface area is 164 Å². The lowest BCUT2D eigenvalue weighted by atomic mass is 10.0. The van der Waals surface area contributed by atoms with Crippen LogP contribution < -0.4 is 9.47 Å². The molecule has 0 saturated heterocycles. The fraction of sp³-hybridized carbons (Fsp3) is 0.182. The van der Waals surface area contributed by atoms with Crippen LogP contribution in [0, 0.1) is 0 Å².